The van der Waals surface area contributed by atoms with Crippen LogP contribution in [0.15, 0.2) is 54.9 Å². The molecule has 2 aromatic carbocycles. The zero-order chi connectivity index (χ0) is 23.6. The van der Waals surface area contributed by atoms with Crippen LogP contribution in [0, 0.1) is 5.21 Å². The van der Waals surface area contributed by atoms with Crippen LogP contribution in [0.4, 0.5) is 18.9 Å². The monoisotopic (exact) mass is 460 g/mol. The summed E-state index contributed by atoms with van der Waals surface area (Å²) < 4.78 is 38.2. The molecule has 1 aromatic heterocycles. The Morgan fingerprint density at radius 3 is 2.48 bits per heavy atom. The molecule has 174 valence electrons. The fraction of sp³-hybridized carbons (Fsp3) is 0.273. The molecule has 1 amide bonds. The number of alkyl halides is 3. The van der Waals surface area contributed by atoms with E-state index in [0.29, 0.717) is 25.1 Å². The maximum absolute atomic E-state index is 13.0. The van der Waals surface area contributed by atoms with Gasteiger partial charge in [-0.15, -0.1) is 0 Å². The first-order chi connectivity index (χ1) is 15.7. The maximum Gasteiger partial charge on any atom is 0.416 e. The van der Waals surface area contributed by atoms with Crippen molar-refractivity contribution in [2.75, 3.05) is 5.23 Å². The third kappa shape index (κ3) is 5.33. The molecule has 0 bridgehead atoms. The molecule has 8 nitrogen and oxygen atoms in total. The van der Waals surface area contributed by atoms with Gasteiger partial charge in [0.15, 0.2) is 0 Å². The predicted molar refractivity (Wildman–Crippen MR) is 113 cm³/mol. The van der Waals surface area contributed by atoms with Crippen LogP contribution in [0.5, 0.6) is 0 Å². The number of nitrogens with zero attached hydrogens (tertiary/aromatic N) is 3. The van der Waals surface area contributed by atoms with Crippen molar-refractivity contribution >= 4 is 11.6 Å². The molecule has 1 unspecified atom stereocenters. The Kier molecular flexibility index (Phi) is 6.36. The number of H-pyrrole nitrogens is 1. The molecule has 1 aliphatic rings. The molecule has 0 radical (unpaired) electrons. The normalized spacial score (nSPS) is 16.3. The molecule has 3 N–H and O–H groups in total. The zero-order valence-corrected chi connectivity index (χ0v) is 17.3. The van der Waals surface area contributed by atoms with Crippen molar-refractivity contribution < 1.29 is 23.2 Å². The third-order valence-electron chi connectivity index (χ3n) is 5.59. The molecule has 4 rings (SSSR count). The van der Waals surface area contributed by atoms with Gasteiger partial charge in [0.1, 0.15) is 0 Å². The van der Waals surface area contributed by atoms with Gasteiger partial charge in [-0.2, -0.15) is 13.2 Å². The van der Waals surface area contributed by atoms with Gasteiger partial charge in [0.05, 0.1) is 35.0 Å². The van der Waals surface area contributed by atoms with Gasteiger partial charge in [-0.25, -0.2) is 4.98 Å². The number of rotatable bonds is 6. The van der Waals surface area contributed by atoms with Crippen LogP contribution < -0.4 is 10.5 Å². The number of hydrogen-bond acceptors (Lipinski definition) is 6. The SMILES string of the molecule is O=C(NCc1ccc(C(F)(F)F)cc1)C1Cc2nc[nH]c2CN1Cc1ccc(N([O-])O)cc1. The van der Waals surface area contributed by atoms with Crippen molar-refractivity contribution in [2.24, 2.45) is 0 Å². The van der Waals surface area contributed by atoms with Crippen molar-refractivity contribution in [3.05, 3.63) is 88.1 Å². The molecule has 0 aliphatic carbocycles. The Labute approximate surface area is 187 Å². The van der Waals surface area contributed by atoms with E-state index in [4.69, 9.17) is 5.21 Å². The molecule has 0 saturated carbocycles. The highest BCUT2D eigenvalue weighted by molar-refractivity contribution is 5.82. The molecule has 2 heterocycles. The minimum atomic E-state index is -4.41. The summed E-state index contributed by atoms with van der Waals surface area (Å²) in [5, 5.41) is 22.6. The number of anilines is 1. The first-order valence-corrected chi connectivity index (χ1v) is 10.1. The van der Waals surface area contributed by atoms with Crippen molar-refractivity contribution in [3.8, 4) is 0 Å². The Hall–Kier alpha value is -3.41. The molecule has 0 saturated heterocycles. The average Bonchev–Trinajstić information content (AvgIpc) is 3.24. The largest absolute Gasteiger partial charge is 0.733 e. The fourth-order valence-corrected chi connectivity index (χ4v) is 3.79. The molecule has 33 heavy (non-hydrogen) atoms. The van der Waals surface area contributed by atoms with Crippen LogP contribution >= 0.6 is 0 Å². The summed E-state index contributed by atoms with van der Waals surface area (Å²) in [6, 6.07) is 10.5. The second kappa shape index (κ2) is 9.22. The summed E-state index contributed by atoms with van der Waals surface area (Å²) in [6.45, 7) is 0.948. The van der Waals surface area contributed by atoms with E-state index in [-0.39, 0.29) is 23.4 Å². The van der Waals surface area contributed by atoms with Gasteiger partial charge in [-0.1, -0.05) is 24.3 Å². The van der Waals surface area contributed by atoms with E-state index < -0.39 is 17.8 Å². The van der Waals surface area contributed by atoms with Gasteiger partial charge in [0.2, 0.25) is 5.91 Å². The minimum absolute atomic E-state index is 0.0964. The van der Waals surface area contributed by atoms with Gasteiger partial charge in [-0.3, -0.25) is 14.9 Å². The van der Waals surface area contributed by atoms with Crippen molar-refractivity contribution in [1.82, 2.24) is 20.2 Å². The van der Waals surface area contributed by atoms with Crippen molar-refractivity contribution in [1.29, 1.82) is 0 Å². The Bertz CT molecular complexity index is 1100. The van der Waals surface area contributed by atoms with Gasteiger partial charge in [0.25, 0.3) is 0 Å². The Balaban J connectivity index is 1.45. The van der Waals surface area contributed by atoms with Crippen LogP contribution in [-0.4, -0.2) is 32.0 Å². The highest BCUT2D eigenvalue weighted by Gasteiger charge is 2.33. The lowest BCUT2D eigenvalue weighted by Crippen LogP contribution is -2.49. The van der Waals surface area contributed by atoms with Crippen LogP contribution in [0.2, 0.25) is 0 Å². The number of aromatic nitrogens is 2. The number of amides is 1. The summed E-state index contributed by atoms with van der Waals surface area (Å²) in [4.78, 5) is 22.3. The smallest absolute Gasteiger partial charge is 0.416 e. The summed E-state index contributed by atoms with van der Waals surface area (Å²) in [5.74, 6) is -0.263. The second-order valence-corrected chi connectivity index (χ2v) is 7.80. The summed E-state index contributed by atoms with van der Waals surface area (Å²) in [7, 11) is 0. The molecule has 0 fully saturated rings. The van der Waals surface area contributed by atoms with Gasteiger partial charge in [-0.05, 0) is 35.4 Å². The van der Waals surface area contributed by atoms with E-state index in [1.165, 1.54) is 24.3 Å². The number of nitrogens with one attached hydrogen (secondary N) is 2. The third-order valence-corrected chi connectivity index (χ3v) is 5.59. The van der Waals surface area contributed by atoms with Gasteiger partial charge in [0, 0.05) is 26.1 Å². The molecule has 3 aromatic rings. The van der Waals surface area contributed by atoms with Crippen molar-refractivity contribution in [3.63, 3.8) is 0 Å². The molecular weight excluding hydrogens is 439 g/mol. The highest BCUT2D eigenvalue weighted by Crippen LogP contribution is 2.29. The summed E-state index contributed by atoms with van der Waals surface area (Å²) in [6.07, 6.45) is -2.46. The molecule has 1 aliphatic heterocycles. The number of fused-ring (bicyclic) bond motifs is 1. The number of halogens is 3. The number of hydrogen-bond donors (Lipinski definition) is 3. The number of carbonyl (C=O) groups is 1. The van der Waals surface area contributed by atoms with Crippen LogP contribution in [0.25, 0.3) is 0 Å². The quantitative estimate of drug-likeness (QED) is 0.487. The van der Waals surface area contributed by atoms with E-state index >= 15 is 0 Å². The zero-order valence-electron chi connectivity index (χ0n) is 17.3. The lowest BCUT2D eigenvalue weighted by Gasteiger charge is -2.34. The lowest BCUT2D eigenvalue weighted by atomic mass is 10.0. The Morgan fingerprint density at radius 1 is 1.18 bits per heavy atom. The summed E-state index contributed by atoms with van der Waals surface area (Å²) in [5.41, 5.74) is 2.44. The average molecular weight is 460 g/mol. The van der Waals surface area contributed by atoms with Gasteiger partial charge < -0.3 is 20.7 Å². The summed E-state index contributed by atoms with van der Waals surface area (Å²) >= 11 is 0. The lowest BCUT2D eigenvalue weighted by molar-refractivity contribution is -0.137. The van der Waals surface area contributed by atoms with E-state index in [0.717, 1.165) is 29.1 Å². The number of aromatic amines is 1. The van der Waals surface area contributed by atoms with Gasteiger partial charge >= 0.3 is 6.18 Å². The van der Waals surface area contributed by atoms with Crippen LogP contribution in [0.1, 0.15) is 28.1 Å². The molecule has 11 heteroatoms. The molecule has 0 spiro atoms. The molecular formula is C22H21F3N5O3-. The minimum Gasteiger partial charge on any atom is -0.733 e. The number of benzene rings is 2. The maximum atomic E-state index is 13.0. The van der Waals surface area contributed by atoms with E-state index in [9.17, 15) is 23.2 Å². The predicted octanol–water partition coefficient (Wildman–Crippen LogP) is 3.37. The first kappa shape index (κ1) is 22.8. The second-order valence-electron chi connectivity index (χ2n) is 7.80. The number of imidazole rings is 1. The molecule has 1 atom stereocenters. The fourth-order valence-electron chi connectivity index (χ4n) is 3.79. The van der Waals surface area contributed by atoms with E-state index in [2.05, 4.69) is 15.3 Å². The van der Waals surface area contributed by atoms with E-state index in [1.807, 2.05) is 4.90 Å². The highest BCUT2D eigenvalue weighted by atomic mass is 19.4. The Morgan fingerprint density at radius 2 is 1.85 bits per heavy atom. The van der Waals surface area contributed by atoms with Crippen LogP contribution in [-0.2, 0) is 37.0 Å². The van der Waals surface area contributed by atoms with Crippen molar-refractivity contribution in [2.45, 2.75) is 38.3 Å². The number of carbonyl (C=O) groups excluding carboxylic acids is 1. The van der Waals surface area contributed by atoms with E-state index in [1.54, 1.807) is 18.5 Å². The van der Waals surface area contributed by atoms with Crippen LogP contribution in [0.3, 0.4) is 0 Å². The topological polar surface area (TPSA) is 108 Å². The first-order valence-electron chi connectivity index (χ1n) is 10.1. The standard InChI is InChI=1S/C22H21F3N5O3/c23-22(24,25)16-5-1-14(2-6-16)10-26-21(31)20-9-18-19(28-13-27-18)12-29(20)11-15-3-7-17(8-4-15)30(32)33/h1-8,13,20,32H,9-12H2,(H,26,31)(H,27,28)/q-1.